The maximum Gasteiger partial charge on any atom is 0.152 e. The molecule has 5 aliphatic rings. The molecule has 192 valence electrons. The van der Waals surface area contributed by atoms with Crippen LogP contribution in [0, 0.1) is 62.6 Å². The summed E-state index contributed by atoms with van der Waals surface area (Å²) in [6.45, 7) is 22.7. The normalized spacial score (nSPS) is 53.8. The molecular weight excluding hydrogens is 414 g/mol. The number of allylic oxidation sites excluding steroid dienone is 1. The molecular formula is C32H53NO. The van der Waals surface area contributed by atoms with Crippen molar-refractivity contribution < 1.29 is 4.79 Å². The second kappa shape index (κ2) is 7.69. The first-order chi connectivity index (χ1) is 15.8. The zero-order valence-corrected chi connectivity index (χ0v) is 23.4. The van der Waals surface area contributed by atoms with E-state index in [2.05, 4.69) is 55.0 Å². The molecule has 0 amide bonds. The molecule has 10 atom stereocenters. The van der Waals surface area contributed by atoms with Crippen LogP contribution in [-0.2, 0) is 4.79 Å². The van der Waals surface area contributed by atoms with Crippen LogP contribution in [0.1, 0.15) is 113 Å². The van der Waals surface area contributed by atoms with Gasteiger partial charge in [-0.05, 0) is 128 Å². The van der Waals surface area contributed by atoms with Gasteiger partial charge in [0.25, 0.3) is 0 Å². The number of hydrogen-bond donors (Lipinski definition) is 1. The van der Waals surface area contributed by atoms with Gasteiger partial charge in [-0.15, -0.1) is 0 Å². The Morgan fingerprint density at radius 2 is 1.56 bits per heavy atom. The van der Waals surface area contributed by atoms with E-state index in [1.165, 1.54) is 50.5 Å². The lowest BCUT2D eigenvalue weighted by Gasteiger charge is -2.73. The first-order valence-corrected chi connectivity index (χ1v) is 14.7. The van der Waals surface area contributed by atoms with Crippen molar-refractivity contribution in [3.05, 3.63) is 12.2 Å². The molecule has 2 N–H and O–H groups in total. The van der Waals surface area contributed by atoms with Gasteiger partial charge in [0.2, 0.25) is 0 Å². The lowest BCUT2D eigenvalue weighted by molar-refractivity contribution is -0.240. The van der Waals surface area contributed by atoms with E-state index < -0.39 is 0 Å². The number of hydrogen-bond acceptors (Lipinski definition) is 2. The molecule has 0 bridgehead atoms. The Labute approximate surface area is 210 Å². The largest absolute Gasteiger partial charge is 0.324 e. The maximum absolute atomic E-state index is 13.5. The zero-order valence-electron chi connectivity index (χ0n) is 23.4. The number of carbonyl (C=O) groups excluding carboxylic acids is 1. The number of carbonyl (C=O) groups is 1. The quantitative estimate of drug-likeness (QED) is 0.430. The molecule has 0 aliphatic heterocycles. The monoisotopic (exact) mass is 467 g/mol. The first-order valence-electron chi connectivity index (χ1n) is 14.7. The summed E-state index contributed by atoms with van der Waals surface area (Å²) in [5.74, 6) is 4.45. The standard InChI is InChI=1S/C32H53NO/c1-20(2)22-12-16-32(26(34)19-33)18-17-30(7)23(27(22)32)9-10-25-29(6)14-11-21(3)28(4,5)24(29)13-15-31(25,30)8/h21-25,27H,1,9-19,33H2,2-8H3/t21-,22-,23+,24-,25+,27+,29-,30+,31+,32+/m0/s1. The minimum atomic E-state index is -0.172. The van der Waals surface area contributed by atoms with E-state index in [-0.39, 0.29) is 12.0 Å². The van der Waals surface area contributed by atoms with Gasteiger partial charge >= 0.3 is 0 Å². The van der Waals surface area contributed by atoms with Crippen LogP contribution in [0.25, 0.3) is 0 Å². The predicted molar refractivity (Wildman–Crippen MR) is 142 cm³/mol. The fraction of sp³-hybridized carbons (Fsp3) is 0.906. The smallest absolute Gasteiger partial charge is 0.152 e. The van der Waals surface area contributed by atoms with Crippen molar-refractivity contribution in [2.75, 3.05) is 6.54 Å². The SMILES string of the molecule is C=C(C)[C@@H]1CC[C@]2(C(=O)CN)CC[C@]3(C)[C@H](CC[C@@H]4[C@@]5(C)CC[C@H](C)C(C)(C)[C@@H]5CC[C@]43C)[C@@H]12. The van der Waals surface area contributed by atoms with Crippen molar-refractivity contribution in [3.8, 4) is 0 Å². The van der Waals surface area contributed by atoms with Crippen LogP contribution in [0.15, 0.2) is 12.2 Å². The van der Waals surface area contributed by atoms with E-state index in [9.17, 15) is 4.79 Å². The molecule has 5 fully saturated rings. The van der Waals surface area contributed by atoms with Crippen molar-refractivity contribution >= 4 is 5.78 Å². The molecule has 0 aromatic rings. The van der Waals surface area contributed by atoms with Gasteiger partial charge in [0.05, 0.1) is 6.54 Å². The molecule has 0 saturated heterocycles. The van der Waals surface area contributed by atoms with Crippen molar-refractivity contribution in [1.82, 2.24) is 0 Å². The number of fused-ring (bicyclic) bond motifs is 7. The van der Waals surface area contributed by atoms with Crippen molar-refractivity contribution in [3.63, 3.8) is 0 Å². The Kier molecular flexibility index (Phi) is 5.66. The molecule has 34 heavy (non-hydrogen) atoms. The van der Waals surface area contributed by atoms with Gasteiger partial charge < -0.3 is 5.73 Å². The summed E-state index contributed by atoms with van der Waals surface area (Å²) in [5, 5.41) is 0. The van der Waals surface area contributed by atoms with Crippen LogP contribution in [-0.4, -0.2) is 12.3 Å². The van der Waals surface area contributed by atoms with Crippen molar-refractivity contribution in [2.45, 2.75) is 113 Å². The molecule has 0 aromatic carbocycles. The predicted octanol–water partition coefficient (Wildman–Crippen LogP) is 7.81. The van der Waals surface area contributed by atoms with Crippen LogP contribution < -0.4 is 5.73 Å². The minimum Gasteiger partial charge on any atom is -0.324 e. The summed E-state index contributed by atoms with van der Waals surface area (Å²) in [7, 11) is 0. The third-order valence-corrected chi connectivity index (χ3v) is 14.4. The fourth-order valence-corrected chi connectivity index (χ4v) is 12.0. The van der Waals surface area contributed by atoms with Gasteiger partial charge in [0.15, 0.2) is 5.78 Å². The molecule has 5 saturated carbocycles. The van der Waals surface area contributed by atoms with Crippen LogP contribution in [0.3, 0.4) is 0 Å². The minimum absolute atomic E-state index is 0.172. The molecule has 0 radical (unpaired) electrons. The number of ketones is 1. The molecule has 2 nitrogen and oxygen atoms in total. The van der Waals surface area contributed by atoms with Gasteiger partial charge in [-0.25, -0.2) is 0 Å². The number of nitrogens with two attached hydrogens (primary N) is 1. The van der Waals surface area contributed by atoms with E-state index >= 15 is 0 Å². The molecule has 0 heterocycles. The van der Waals surface area contributed by atoms with Gasteiger partial charge in [-0.1, -0.05) is 53.7 Å². The highest BCUT2D eigenvalue weighted by molar-refractivity contribution is 5.87. The highest BCUT2D eigenvalue weighted by Gasteiger charge is 2.71. The second-order valence-electron chi connectivity index (χ2n) is 15.2. The topological polar surface area (TPSA) is 43.1 Å². The summed E-state index contributed by atoms with van der Waals surface area (Å²) in [4.78, 5) is 13.5. The summed E-state index contributed by atoms with van der Waals surface area (Å²) in [5.41, 5.74) is 8.80. The molecule has 5 aliphatic carbocycles. The highest BCUT2D eigenvalue weighted by Crippen LogP contribution is 2.77. The van der Waals surface area contributed by atoms with E-state index in [4.69, 9.17) is 5.73 Å². The fourth-order valence-electron chi connectivity index (χ4n) is 12.0. The molecule has 5 rings (SSSR count). The zero-order chi connectivity index (χ0) is 24.9. The van der Waals surface area contributed by atoms with Gasteiger partial charge in [0.1, 0.15) is 0 Å². The van der Waals surface area contributed by atoms with Crippen LogP contribution in [0.5, 0.6) is 0 Å². The molecule has 0 unspecified atom stereocenters. The lowest BCUT2D eigenvalue weighted by Crippen LogP contribution is -2.66. The number of Topliss-reactive ketones (excluding diaryl/α,β-unsaturated/α-hetero) is 1. The molecule has 0 spiro atoms. The molecule has 0 aromatic heterocycles. The summed E-state index contributed by atoms with van der Waals surface area (Å²) >= 11 is 0. The Balaban J connectivity index is 1.56. The van der Waals surface area contributed by atoms with Crippen molar-refractivity contribution in [1.29, 1.82) is 0 Å². The van der Waals surface area contributed by atoms with Crippen LogP contribution >= 0.6 is 0 Å². The van der Waals surface area contributed by atoms with E-state index in [0.717, 1.165) is 37.0 Å². The Hall–Kier alpha value is -0.630. The first kappa shape index (κ1) is 25.0. The van der Waals surface area contributed by atoms with E-state index in [0.29, 0.717) is 45.2 Å². The van der Waals surface area contributed by atoms with Crippen LogP contribution in [0.4, 0.5) is 0 Å². The summed E-state index contributed by atoms with van der Waals surface area (Å²) in [6.07, 6.45) is 12.7. The van der Waals surface area contributed by atoms with E-state index in [1.807, 2.05) is 0 Å². The summed E-state index contributed by atoms with van der Waals surface area (Å²) in [6, 6.07) is 0. The van der Waals surface area contributed by atoms with Gasteiger partial charge in [0, 0.05) is 5.41 Å². The third kappa shape index (κ3) is 2.87. The maximum atomic E-state index is 13.5. The summed E-state index contributed by atoms with van der Waals surface area (Å²) < 4.78 is 0. The van der Waals surface area contributed by atoms with Gasteiger partial charge in [-0.2, -0.15) is 0 Å². The van der Waals surface area contributed by atoms with Crippen molar-refractivity contribution in [2.24, 2.45) is 68.3 Å². The lowest BCUT2D eigenvalue weighted by atomic mass is 9.32. The average Bonchev–Trinajstić information content (AvgIpc) is 3.18. The highest BCUT2D eigenvalue weighted by atomic mass is 16.1. The number of rotatable bonds is 3. The molecule has 2 heteroatoms. The Bertz CT molecular complexity index is 874. The van der Waals surface area contributed by atoms with Gasteiger partial charge in [-0.3, -0.25) is 4.79 Å². The average molecular weight is 468 g/mol. The Morgan fingerprint density at radius 1 is 0.853 bits per heavy atom. The second-order valence-corrected chi connectivity index (χ2v) is 15.2. The van der Waals surface area contributed by atoms with Crippen LogP contribution in [0.2, 0.25) is 0 Å². The Morgan fingerprint density at radius 3 is 2.21 bits per heavy atom. The third-order valence-electron chi connectivity index (χ3n) is 14.4. The van der Waals surface area contributed by atoms with E-state index in [1.54, 1.807) is 0 Å².